The third kappa shape index (κ3) is 3.86. The Kier molecular flexibility index (Phi) is 5.40. The summed E-state index contributed by atoms with van der Waals surface area (Å²) in [6.45, 7) is 3.36. The van der Waals surface area contributed by atoms with E-state index in [1.165, 1.54) is 38.0 Å². The van der Waals surface area contributed by atoms with Gasteiger partial charge in [-0.25, -0.2) is 9.97 Å². The van der Waals surface area contributed by atoms with Gasteiger partial charge in [0.15, 0.2) is 29.6 Å². The third-order valence-corrected chi connectivity index (χ3v) is 3.98. The van der Waals surface area contributed by atoms with Crippen molar-refractivity contribution < 1.29 is 33.3 Å². The van der Waals surface area contributed by atoms with Crippen molar-refractivity contribution in [3.8, 4) is 0 Å². The van der Waals surface area contributed by atoms with Gasteiger partial charge < -0.3 is 23.9 Å². The Labute approximate surface area is 157 Å². The van der Waals surface area contributed by atoms with Gasteiger partial charge in [-0.05, 0) is 0 Å². The topological polar surface area (TPSA) is 152 Å². The molecule has 0 saturated carbocycles. The predicted molar refractivity (Wildman–Crippen MR) is 89.8 cm³/mol. The average molecular weight is 394 g/mol. The Balaban J connectivity index is 2.02. The van der Waals surface area contributed by atoms with Gasteiger partial charge in [-0.2, -0.15) is 0 Å². The van der Waals surface area contributed by atoms with Gasteiger partial charge in [0.05, 0.1) is 12.7 Å². The number of hydrogen-bond donors (Lipinski definition) is 1. The smallest absolute Gasteiger partial charge is 0.303 e. The molecule has 2 aromatic rings. The van der Waals surface area contributed by atoms with E-state index >= 15 is 0 Å². The summed E-state index contributed by atoms with van der Waals surface area (Å²) in [6, 6.07) is 0. The number of imidazole rings is 1. The largest absolute Gasteiger partial charge is 0.463 e. The van der Waals surface area contributed by atoms with Crippen molar-refractivity contribution >= 4 is 29.1 Å². The van der Waals surface area contributed by atoms with E-state index in [0.29, 0.717) is 0 Å². The lowest BCUT2D eigenvalue weighted by Crippen LogP contribution is -2.40. The monoisotopic (exact) mass is 394 g/mol. The van der Waals surface area contributed by atoms with E-state index in [1.54, 1.807) is 0 Å². The minimum Gasteiger partial charge on any atom is -0.463 e. The fourth-order valence-corrected chi connectivity index (χ4v) is 2.97. The van der Waals surface area contributed by atoms with Crippen LogP contribution >= 0.6 is 0 Å². The number of nitrogens with zero attached hydrogens (tertiary/aromatic N) is 3. The normalized spacial score (nSPS) is 24.1. The first-order valence-corrected chi connectivity index (χ1v) is 8.31. The van der Waals surface area contributed by atoms with Crippen LogP contribution in [0.15, 0.2) is 17.4 Å². The molecule has 1 saturated heterocycles. The number of esters is 3. The number of nitrogens with one attached hydrogen (secondary N) is 1. The molecule has 0 spiro atoms. The lowest BCUT2D eigenvalue weighted by Gasteiger charge is -2.23. The first-order valence-electron chi connectivity index (χ1n) is 8.31. The number of H-pyrrole nitrogens is 1. The lowest BCUT2D eigenvalue weighted by molar-refractivity contribution is -0.166. The molecule has 0 aromatic carbocycles. The Morgan fingerprint density at radius 2 is 1.79 bits per heavy atom. The van der Waals surface area contributed by atoms with Gasteiger partial charge in [0.2, 0.25) is 0 Å². The van der Waals surface area contributed by atoms with Crippen LogP contribution in [0.3, 0.4) is 0 Å². The van der Waals surface area contributed by atoms with E-state index in [1.807, 2.05) is 0 Å². The highest BCUT2D eigenvalue weighted by molar-refractivity contribution is 5.70. The highest BCUT2D eigenvalue weighted by Gasteiger charge is 2.51. The molecule has 1 aliphatic heterocycles. The van der Waals surface area contributed by atoms with Crippen LogP contribution in [0.4, 0.5) is 0 Å². The molecule has 0 aliphatic carbocycles. The summed E-state index contributed by atoms with van der Waals surface area (Å²) in [5.41, 5.74) is -0.223. The SMILES string of the molecule is CC(=O)OC[C@H]1O[C@H](n2cnc3c(=O)[nH]cnc32)[C@H](OC(C)=O)[C@@H]1OC(C)=O. The van der Waals surface area contributed by atoms with Crippen molar-refractivity contribution in [3.05, 3.63) is 23.0 Å². The second-order valence-electron chi connectivity index (χ2n) is 6.07. The maximum atomic E-state index is 11.9. The van der Waals surface area contributed by atoms with Crippen molar-refractivity contribution in [3.63, 3.8) is 0 Å². The standard InChI is InChI=1S/C16H18N4O8/c1-7(21)25-4-10-12(26-8(2)22)13(27-9(3)23)16(28-10)20-6-19-11-14(20)17-5-18-15(11)24/h5-6,10,12-13,16H,4H2,1-3H3,(H,17,18,24)/t10-,12-,13-,16+/m1/s1. The summed E-state index contributed by atoms with van der Waals surface area (Å²) in [6.07, 6.45) is -1.58. The van der Waals surface area contributed by atoms with E-state index in [2.05, 4.69) is 15.0 Å². The number of carbonyl (C=O) groups is 3. The van der Waals surface area contributed by atoms with Crippen LogP contribution in [0.5, 0.6) is 0 Å². The zero-order valence-electron chi connectivity index (χ0n) is 15.3. The number of rotatable bonds is 5. The quantitative estimate of drug-likeness (QED) is 0.516. The molecule has 4 atom stereocenters. The Bertz CT molecular complexity index is 967. The molecular formula is C16H18N4O8. The van der Waals surface area contributed by atoms with Crippen LogP contribution in [0.1, 0.15) is 27.0 Å². The van der Waals surface area contributed by atoms with Crippen molar-refractivity contribution in [1.82, 2.24) is 19.5 Å². The Hall–Kier alpha value is -3.28. The molecule has 0 unspecified atom stereocenters. The fourth-order valence-electron chi connectivity index (χ4n) is 2.97. The zero-order chi connectivity index (χ0) is 20.4. The van der Waals surface area contributed by atoms with Crippen LogP contribution in [-0.2, 0) is 33.3 Å². The van der Waals surface area contributed by atoms with Gasteiger partial charge in [0.25, 0.3) is 5.56 Å². The zero-order valence-corrected chi connectivity index (χ0v) is 15.3. The molecule has 12 nitrogen and oxygen atoms in total. The predicted octanol–water partition coefficient (Wildman–Crippen LogP) is -0.556. The van der Waals surface area contributed by atoms with Crippen LogP contribution in [0, 0.1) is 0 Å². The van der Waals surface area contributed by atoms with Gasteiger partial charge in [0, 0.05) is 20.8 Å². The van der Waals surface area contributed by atoms with Gasteiger partial charge in [-0.1, -0.05) is 0 Å². The first kappa shape index (κ1) is 19.5. The molecule has 0 radical (unpaired) electrons. The number of hydrogen-bond acceptors (Lipinski definition) is 10. The van der Waals surface area contributed by atoms with Gasteiger partial charge >= 0.3 is 17.9 Å². The minimum absolute atomic E-state index is 0.0557. The van der Waals surface area contributed by atoms with Gasteiger partial charge in [-0.3, -0.25) is 23.7 Å². The van der Waals surface area contributed by atoms with E-state index in [9.17, 15) is 19.2 Å². The maximum Gasteiger partial charge on any atom is 0.303 e. The Morgan fingerprint density at radius 3 is 2.43 bits per heavy atom. The van der Waals surface area contributed by atoms with Crippen molar-refractivity contribution in [2.75, 3.05) is 6.61 Å². The van der Waals surface area contributed by atoms with Gasteiger partial charge in [-0.15, -0.1) is 0 Å². The summed E-state index contributed by atoms with van der Waals surface area (Å²) in [5.74, 6) is -1.83. The second-order valence-corrected chi connectivity index (χ2v) is 6.07. The van der Waals surface area contributed by atoms with Crippen LogP contribution in [0.2, 0.25) is 0 Å². The van der Waals surface area contributed by atoms with E-state index in [0.717, 1.165) is 0 Å². The number of carbonyl (C=O) groups excluding carboxylic acids is 3. The van der Waals surface area contributed by atoms with Crippen LogP contribution in [0.25, 0.3) is 11.2 Å². The van der Waals surface area contributed by atoms with Crippen molar-refractivity contribution in [2.24, 2.45) is 0 Å². The van der Waals surface area contributed by atoms with Crippen LogP contribution < -0.4 is 5.56 Å². The molecule has 3 heterocycles. The molecule has 2 aromatic heterocycles. The molecule has 3 rings (SSSR count). The molecular weight excluding hydrogens is 376 g/mol. The highest BCUT2D eigenvalue weighted by Crippen LogP contribution is 2.35. The fraction of sp³-hybridized carbons (Fsp3) is 0.500. The van der Waals surface area contributed by atoms with Gasteiger partial charge in [0.1, 0.15) is 12.7 Å². The Morgan fingerprint density at radius 1 is 1.11 bits per heavy atom. The van der Waals surface area contributed by atoms with Crippen molar-refractivity contribution in [1.29, 1.82) is 0 Å². The minimum atomic E-state index is -1.08. The van der Waals surface area contributed by atoms with Crippen LogP contribution in [-0.4, -0.2) is 62.3 Å². The molecule has 1 aliphatic rings. The maximum absolute atomic E-state index is 11.9. The highest BCUT2D eigenvalue weighted by atomic mass is 16.7. The van der Waals surface area contributed by atoms with E-state index in [-0.39, 0.29) is 17.8 Å². The summed E-state index contributed by atoms with van der Waals surface area (Å²) < 4.78 is 22.8. The molecule has 28 heavy (non-hydrogen) atoms. The molecule has 12 heteroatoms. The molecule has 1 fully saturated rings. The summed E-state index contributed by atoms with van der Waals surface area (Å²) in [4.78, 5) is 56.8. The average Bonchev–Trinajstić information content (AvgIpc) is 3.16. The molecule has 150 valence electrons. The number of aromatic amines is 1. The lowest BCUT2D eigenvalue weighted by atomic mass is 10.1. The number of ether oxygens (including phenoxy) is 4. The number of fused-ring (bicyclic) bond motifs is 1. The summed E-state index contributed by atoms with van der Waals surface area (Å²) in [5, 5.41) is 0. The first-order chi connectivity index (χ1) is 13.3. The second kappa shape index (κ2) is 7.76. The summed E-state index contributed by atoms with van der Waals surface area (Å²) >= 11 is 0. The summed E-state index contributed by atoms with van der Waals surface area (Å²) in [7, 11) is 0. The molecule has 0 amide bonds. The van der Waals surface area contributed by atoms with Crippen molar-refractivity contribution in [2.45, 2.75) is 45.3 Å². The molecule has 1 N–H and O–H groups in total. The van der Waals surface area contributed by atoms with E-state index < -0.39 is 48.0 Å². The number of aromatic nitrogens is 4. The third-order valence-electron chi connectivity index (χ3n) is 3.98. The van der Waals surface area contributed by atoms with E-state index in [4.69, 9.17) is 18.9 Å². The molecule has 0 bridgehead atoms.